The first-order valence-electron chi connectivity index (χ1n) is 6.08. The van der Waals surface area contributed by atoms with Gasteiger partial charge in [-0.1, -0.05) is 13.8 Å². The van der Waals surface area contributed by atoms with Crippen LogP contribution in [0, 0.1) is 5.92 Å². The quantitative estimate of drug-likeness (QED) is 0.414. The van der Waals surface area contributed by atoms with Crippen LogP contribution in [0.1, 0.15) is 13.8 Å². The van der Waals surface area contributed by atoms with Gasteiger partial charge in [0, 0.05) is 13.1 Å². The summed E-state index contributed by atoms with van der Waals surface area (Å²) in [6.07, 6.45) is 0. The van der Waals surface area contributed by atoms with Crippen LogP contribution in [0.4, 0.5) is 5.69 Å². The average molecular weight is 256 g/mol. The number of aromatic hydroxyl groups is 1. The summed E-state index contributed by atoms with van der Waals surface area (Å²) in [5.74, 6) is 0.141. The van der Waals surface area contributed by atoms with Crippen LogP contribution in [0.3, 0.4) is 0 Å². The van der Waals surface area contributed by atoms with Gasteiger partial charge in [0.15, 0.2) is 5.75 Å². The first-order chi connectivity index (χ1) is 8.54. The molecule has 0 unspecified atom stereocenters. The minimum atomic E-state index is -0.823. The molecule has 0 amide bonds. The highest BCUT2D eigenvalue weighted by Crippen LogP contribution is 2.13. The molecule has 1 aromatic rings. The second-order valence-corrected chi connectivity index (χ2v) is 4.52. The van der Waals surface area contributed by atoms with Gasteiger partial charge in [-0.2, -0.15) is 0 Å². The zero-order valence-corrected chi connectivity index (χ0v) is 10.8. The van der Waals surface area contributed by atoms with Crippen molar-refractivity contribution in [2.24, 2.45) is 5.92 Å². The lowest BCUT2D eigenvalue weighted by atomic mass is 10.2. The summed E-state index contributed by atoms with van der Waals surface area (Å²) >= 11 is 0. The normalized spacial score (nSPS) is 11.3. The first kappa shape index (κ1) is 14.7. The Morgan fingerprint density at radius 1 is 1.17 bits per heavy atom. The Morgan fingerprint density at radius 3 is 2.44 bits per heavy atom. The fourth-order valence-electron chi connectivity index (χ4n) is 1.43. The lowest BCUT2D eigenvalue weighted by Crippen LogP contribution is -2.34. The second kappa shape index (κ2) is 7.13. The monoisotopic (exact) mass is 256 g/mol. The van der Waals surface area contributed by atoms with Gasteiger partial charge < -0.3 is 20.5 Å². The van der Waals surface area contributed by atoms with Gasteiger partial charge in [0.2, 0.25) is 0 Å². The standard InChI is InChI=1S/C12H20N2O4/c1-8(2)7-13-3-5-18-6-4-14-9-10(15)12(17)11(9)16/h8,13-15H,3-7H2,1-2H3. The SMILES string of the molecule is CC(C)CNCCOCCNc1c(O)c(=O)c1=O. The number of hydrogen-bond acceptors (Lipinski definition) is 6. The van der Waals surface area contributed by atoms with Gasteiger partial charge in [0.05, 0.1) is 13.2 Å². The summed E-state index contributed by atoms with van der Waals surface area (Å²) in [5, 5.41) is 15.0. The third-order valence-corrected chi connectivity index (χ3v) is 2.41. The molecule has 0 aliphatic heterocycles. The molecule has 0 fully saturated rings. The molecule has 102 valence electrons. The summed E-state index contributed by atoms with van der Waals surface area (Å²) in [6.45, 7) is 7.41. The van der Waals surface area contributed by atoms with Crippen molar-refractivity contribution in [3.63, 3.8) is 0 Å². The predicted molar refractivity (Wildman–Crippen MR) is 70.0 cm³/mol. The highest BCUT2D eigenvalue weighted by Gasteiger charge is 2.18. The lowest BCUT2D eigenvalue weighted by Gasteiger charge is -2.10. The molecule has 0 saturated carbocycles. The summed E-state index contributed by atoms with van der Waals surface area (Å²) in [5.41, 5.74) is -1.48. The maximum absolute atomic E-state index is 11.0. The van der Waals surface area contributed by atoms with E-state index in [1.54, 1.807) is 0 Å². The maximum Gasteiger partial charge on any atom is 0.271 e. The largest absolute Gasteiger partial charge is 0.502 e. The zero-order valence-electron chi connectivity index (χ0n) is 10.8. The lowest BCUT2D eigenvalue weighted by molar-refractivity contribution is 0.145. The van der Waals surface area contributed by atoms with Gasteiger partial charge in [0.1, 0.15) is 5.69 Å². The minimum absolute atomic E-state index is 0.00142. The van der Waals surface area contributed by atoms with Crippen LogP contribution in [0.5, 0.6) is 5.75 Å². The topological polar surface area (TPSA) is 87.7 Å². The van der Waals surface area contributed by atoms with Crippen LogP contribution in [0.15, 0.2) is 9.59 Å². The molecule has 6 heteroatoms. The van der Waals surface area contributed by atoms with Crippen molar-refractivity contribution in [3.8, 4) is 5.75 Å². The molecule has 0 atom stereocenters. The van der Waals surface area contributed by atoms with E-state index in [0.29, 0.717) is 25.7 Å². The summed E-state index contributed by atoms with van der Waals surface area (Å²) in [7, 11) is 0. The molecule has 18 heavy (non-hydrogen) atoms. The first-order valence-corrected chi connectivity index (χ1v) is 6.08. The molecule has 0 heterocycles. The molecule has 0 aliphatic rings. The molecular weight excluding hydrogens is 236 g/mol. The van der Waals surface area contributed by atoms with Crippen molar-refractivity contribution in [1.82, 2.24) is 5.32 Å². The molecule has 0 spiro atoms. The Labute approximate surface area is 106 Å². The molecule has 3 N–H and O–H groups in total. The third kappa shape index (κ3) is 4.12. The van der Waals surface area contributed by atoms with Crippen LogP contribution >= 0.6 is 0 Å². The molecule has 0 aliphatic carbocycles. The fourth-order valence-corrected chi connectivity index (χ4v) is 1.43. The van der Waals surface area contributed by atoms with Gasteiger partial charge in [-0.15, -0.1) is 0 Å². The molecule has 0 radical (unpaired) electrons. The van der Waals surface area contributed by atoms with E-state index in [4.69, 9.17) is 9.84 Å². The molecular formula is C12H20N2O4. The Bertz CT molecular complexity index is 435. The van der Waals surface area contributed by atoms with Gasteiger partial charge >= 0.3 is 0 Å². The van der Waals surface area contributed by atoms with E-state index in [9.17, 15) is 9.59 Å². The van der Waals surface area contributed by atoms with E-state index >= 15 is 0 Å². The Morgan fingerprint density at radius 2 is 1.83 bits per heavy atom. The van der Waals surface area contributed by atoms with Crippen LogP contribution in [-0.4, -0.2) is 38.0 Å². The third-order valence-electron chi connectivity index (χ3n) is 2.41. The van der Waals surface area contributed by atoms with Crippen molar-refractivity contribution in [1.29, 1.82) is 0 Å². The van der Waals surface area contributed by atoms with Crippen molar-refractivity contribution in [3.05, 3.63) is 20.4 Å². The number of anilines is 1. The van der Waals surface area contributed by atoms with Crippen LogP contribution in [-0.2, 0) is 4.74 Å². The van der Waals surface area contributed by atoms with E-state index < -0.39 is 16.6 Å². The van der Waals surface area contributed by atoms with Gasteiger partial charge in [-0.05, 0) is 12.5 Å². The molecule has 1 aromatic carbocycles. The number of hydrogen-bond donors (Lipinski definition) is 3. The Kier molecular flexibility index (Phi) is 5.80. The van der Waals surface area contributed by atoms with Gasteiger partial charge in [0.25, 0.3) is 10.9 Å². The molecule has 0 aromatic heterocycles. The van der Waals surface area contributed by atoms with Crippen molar-refractivity contribution in [2.75, 3.05) is 38.2 Å². The van der Waals surface area contributed by atoms with Crippen molar-refractivity contribution < 1.29 is 9.84 Å². The number of rotatable bonds is 9. The molecule has 0 saturated heterocycles. The van der Waals surface area contributed by atoms with E-state index in [-0.39, 0.29) is 5.69 Å². The number of nitrogens with one attached hydrogen (secondary N) is 2. The smallest absolute Gasteiger partial charge is 0.271 e. The van der Waals surface area contributed by atoms with Gasteiger partial charge in [-0.25, -0.2) is 0 Å². The van der Waals surface area contributed by atoms with E-state index in [2.05, 4.69) is 24.5 Å². The Hall–Kier alpha value is -1.40. The van der Waals surface area contributed by atoms with Gasteiger partial charge in [-0.3, -0.25) is 9.59 Å². The van der Waals surface area contributed by atoms with Crippen molar-refractivity contribution >= 4 is 5.69 Å². The van der Waals surface area contributed by atoms with E-state index in [0.717, 1.165) is 13.1 Å². The van der Waals surface area contributed by atoms with Crippen LogP contribution in [0.2, 0.25) is 0 Å². The number of ether oxygens (including phenoxy) is 1. The minimum Gasteiger partial charge on any atom is -0.502 e. The highest BCUT2D eigenvalue weighted by molar-refractivity contribution is 5.60. The average Bonchev–Trinajstić information content (AvgIpc) is 2.35. The molecule has 6 nitrogen and oxygen atoms in total. The second-order valence-electron chi connectivity index (χ2n) is 4.52. The van der Waals surface area contributed by atoms with E-state index in [1.165, 1.54) is 0 Å². The maximum atomic E-state index is 11.0. The fraction of sp³-hybridized carbons (Fsp3) is 0.667. The zero-order chi connectivity index (χ0) is 13.5. The van der Waals surface area contributed by atoms with Crippen molar-refractivity contribution in [2.45, 2.75) is 13.8 Å². The van der Waals surface area contributed by atoms with Crippen LogP contribution in [0.25, 0.3) is 0 Å². The highest BCUT2D eigenvalue weighted by atomic mass is 16.5. The molecule has 1 rings (SSSR count). The molecule has 0 bridgehead atoms. The summed E-state index contributed by atoms with van der Waals surface area (Å²) < 4.78 is 5.31. The summed E-state index contributed by atoms with van der Waals surface area (Å²) in [6, 6.07) is 0. The summed E-state index contributed by atoms with van der Waals surface area (Å²) in [4.78, 5) is 21.7. The Balaban J connectivity index is 2.00. The van der Waals surface area contributed by atoms with E-state index in [1.807, 2.05) is 0 Å². The predicted octanol–water partition coefficient (Wildman–Crippen LogP) is -0.338. The van der Waals surface area contributed by atoms with Crippen LogP contribution < -0.4 is 21.5 Å².